The number of aromatic nitrogens is 1. The highest BCUT2D eigenvalue weighted by molar-refractivity contribution is 8.00. The van der Waals surface area contributed by atoms with Gasteiger partial charge in [-0.1, -0.05) is 6.92 Å². The van der Waals surface area contributed by atoms with Crippen molar-refractivity contribution in [2.75, 3.05) is 12.3 Å². The number of thiazole rings is 1. The van der Waals surface area contributed by atoms with E-state index in [0.717, 1.165) is 18.7 Å². The van der Waals surface area contributed by atoms with E-state index in [1.165, 1.54) is 23.6 Å². The van der Waals surface area contributed by atoms with Crippen molar-refractivity contribution in [2.45, 2.75) is 50.8 Å². The summed E-state index contributed by atoms with van der Waals surface area (Å²) in [5.41, 5.74) is 1.16. The van der Waals surface area contributed by atoms with Crippen LogP contribution in [0.25, 0.3) is 0 Å². The molecule has 2 rings (SSSR count). The predicted octanol–water partition coefficient (Wildman–Crippen LogP) is 3.26. The highest BCUT2D eigenvalue weighted by atomic mass is 32.2. The Morgan fingerprint density at radius 1 is 1.59 bits per heavy atom. The predicted molar refractivity (Wildman–Crippen MR) is 78.1 cm³/mol. The van der Waals surface area contributed by atoms with E-state index >= 15 is 0 Å². The topological polar surface area (TPSA) is 24.9 Å². The third-order valence-electron chi connectivity index (χ3n) is 3.48. The first kappa shape index (κ1) is 13.4. The van der Waals surface area contributed by atoms with Gasteiger partial charge in [-0.05, 0) is 39.0 Å². The molecule has 1 aliphatic heterocycles. The molecule has 1 fully saturated rings. The number of hydrogen-bond donors (Lipinski definition) is 1. The van der Waals surface area contributed by atoms with Crippen LogP contribution in [0.15, 0.2) is 5.38 Å². The molecule has 17 heavy (non-hydrogen) atoms. The molecular formula is C13H22N2S2. The third kappa shape index (κ3) is 3.24. The maximum atomic E-state index is 4.60. The second kappa shape index (κ2) is 5.72. The van der Waals surface area contributed by atoms with Gasteiger partial charge in [-0.2, -0.15) is 11.8 Å². The van der Waals surface area contributed by atoms with Crippen LogP contribution in [0, 0.1) is 6.92 Å². The van der Waals surface area contributed by atoms with Crippen LogP contribution in [0.4, 0.5) is 0 Å². The van der Waals surface area contributed by atoms with Gasteiger partial charge in [0.1, 0.15) is 0 Å². The number of rotatable bonds is 5. The number of thioether (sulfide) groups is 1. The molecule has 2 nitrogen and oxygen atoms in total. The molecule has 2 heterocycles. The minimum absolute atomic E-state index is 0.398. The lowest BCUT2D eigenvalue weighted by Gasteiger charge is -2.33. The molecule has 2 unspecified atom stereocenters. The van der Waals surface area contributed by atoms with Gasteiger partial charge >= 0.3 is 0 Å². The zero-order valence-electron chi connectivity index (χ0n) is 11.0. The summed E-state index contributed by atoms with van der Waals surface area (Å²) in [7, 11) is 0. The summed E-state index contributed by atoms with van der Waals surface area (Å²) in [6, 6.07) is 0.561. The fourth-order valence-corrected chi connectivity index (χ4v) is 4.73. The molecule has 1 N–H and O–H groups in total. The third-order valence-corrected chi connectivity index (χ3v) is 6.11. The molecule has 0 aliphatic carbocycles. The van der Waals surface area contributed by atoms with E-state index in [4.69, 9.17) is 0 Å². The number of nitrogens with zero attached hydrogens (tertiary/aromatic N) is 1. The molecule has 0 amide bonds. The van der Waals surface area contributed by atoms with Crippen molar-refractivity contribution in [3.05, 3.63) is 16.1 Å². The lowest BCUT2D eigenvalue weighted by atomic mass is 9.93. The molecule has 1 aromatic rings. The number of nitrogens with one attached hydrogen (secondary N) is 1. The van der Waals surface area contributed by atoms with Gasteiger partial charge in [-0.25, -0.2) is 4.98 Å². The van der Waals surface area contributed by atoms with E-state index in [1.54, 1.807) is 11.3 Å². The van der Waals surface area contributed by atoms with Crippen LogP contribution in [0.1, 0.15) is 37.4 Å². The van der Waals surface area contributed by atoms with Gasteiger partial charge < -0.3 is 5.32 Å². The normalized spacial score (nSPS) is 26.3. The Balaban J connectivity index is 2.06. The molecule has 0 radical (unpaired) electrons. The van der Waals surface area contributed by atoms with Crippen molar-refractivity contribution < 1.29 is 0 Å². The minimum atomic E-state index is 0.398. The largest absolute Gasteiger partial charge is 0.312 e. The van der Waals surface area contributed by atoms with E-state index in [9.17, 15) is 0 Å². The molecule has 0 bridgehead atoms. The summed E-state index contributed by atoms with van der Waals surface area (Å²) in [4.78, 5) is 4.60. The average Bonchev–Trinajstić information content (AvgIpc) is 2.88. The molecular weight excluding hydrogens is 248 g/mol. The van der Waals surface area contributed by atoms with Crippen molar-refractivity contribution in [1.82, 2.24) is 10.3 Å². The van der Waals surface area contributed by atoms with E-state index in [2.05, 4.69) is 48.2 Å². The van der Waals surface area contributed by atoms with Crippen LogP contribution >= 0.6 is 23.1 Å². The standard InChI is InChI=1S/C13H22N2S2/c1-4-14-11(13(3)6-5-7-17-13)8-12-15-10(2)9-16-12/h9,11,14H,4-8H2,1-3H3. The zero-order valence-corrected chi connectivity index (χ0v) is 12.6. The summed E-state index contributed by atoms with van der Waals surface area (Å²) in [5.74, 6) is 1.31. The van der Waals surface area contributed by atoms with Gasteiger partial charge in [0, 0.05) is 28.3 Å². The SMILES string of the molecule is CCNC(Cc1nc(C)cs1)C1(C)CCCS1. The Morgan fingerprint density at radius 3 is 2.94 bits per heavy atom. The second-order valence-electron chi connectivity index (χ2n) is 4.96. The van der Waals surface area contributed by atoms with Crippen LogP contribution in [0.2, 0.25) is 0 Å². The average molecular weight is 270 g/mol. The smallest absolute Gasteiger partial charge is 0.0944 e. The van der Waals surface area contributed by atoms with Gasteiger partial charge in [0.2, 0.25) is 0 Å². The Labute approximate surface area is 113 Å². The minimum Gasteiger partial charge on any atom is -0.312 e. The first-order valence-electron chi connectivity index (χ1n) is 6.42. The van der Waals surface area contributed by atoms with Gasteiger partial charge in [0.05, 0.1) is 5.01 Å². The summed E-state index contributed by atoms with van der Waals surface area (Å²) in [6.45, 7) is 7.74. The van der Waals surface area contributed by atoms with Crippen molar-refractivity contribution in [3.8, 4) is 0 Å². The highest BCUT2D eigenvalue weighted by Gasteiger charge is 2.37. The maximum Gasteiger partial charge on any atom is 0.0944 e. The Morgan fingerprint density at radius 2 is 2.41 bits per heavy atom. The van der Waals surface area contributed by atoms with Crippen LogP contribution < -0.4 is 5.32 Å². The van der Waals surface area contributed by atoms with Crippen molar-refractivity contribution in [2.24, 2.45) is 0 Å². The molecule has 0 aromatic carbocycles. The van der Waals surface area contributed by atoms with E-state index in [1.807, 2.05) is 0 Å². The Bertz CT molecular complexity index is 356. The first-order valence-corrected chi connectivity index (χ1v) is 8.29. The molecule has 96 valence electrons. The summed E-state index contributed by atoms with van der Waals surface area (Å²) < 4.78 is 0.398. The van der Waals surface area contributed by atoms with E-state index in [0.29, 0.717) is 10.8 Å². The monoisotopic (exact) mass is 270 g/mol. The maximum absolute atomic E-state index is 4.60. The van der Waals surface area contributed by atoms with Crippen LogP contribution in [0.3, 0.4) is 0 Å². The molecule has 1 aliphatic rings. The number of hydrogen-bond acceptors (Lipinski definition) is 4. The van der Waals surface area contributed by atoms with Gasteiger partial charge in [0.15, 0.2) is 0 Å². The molecule has 4 heteroatoms. The van der Waals surface area contributed by atoms with Gasteiger partial charge in [-0.15, -0.1) is 11.3 Å². The molecule has 1 saturated heterocycles. The molecule has 1 aromatic heterocycles. The molecule has 0 saturated carbocycles. The summed E-state index contributed by atoms with van der Waals surface area (Å²) in [5, 5.41) is 7.10. The molecule has 0 spiro atoms. The fourth-order valence-electron chi connectivity index (χ4n) is 2.50. The lowest BCUT2D eigenvalue weighted by molar-refractivity contribution is 0.406. The van der Waals surface area contributed by atoms with Crippen molar-refractivity contribution >= 4 is 23.1 Å². The van der Waals surface area contributed by atoms with E-state index < -0.39 is 0 Å². The summed E-state index contributed by atoms with van der Waals surface area (Å²) >= 11 is 3.93. The highest BCUT2D eigenvalue weighted by Crippen LogP contribution is 2.41. The quantitative estimate of drug-likeness (QED) is 0.889. The summed E-state index contributed by atoms with van der Waals surface area (Å²) in [6.07, 6.45) is 3.77. The lowest BCUT2D eigenvalue weighted by Crippen LogP contribution is -2.46. The number of aryl methyl sites for hydroxylation is 1. The zero-order chi connectivity index (χ0) is 12.3. The first-order chi connectivity index (χ1) is 8.14. The molecule has 2 atom stereocenters. The number of likely N-dealkylation sites (N-methyl/N-ethyl adjacent to an activating group) is 1. The van der Waals surface area contributed by atoms with Gasteiger partial charge in [0.25, 0.3) is 0 Å². The van der Waals surface area contributed by atoms with Crippen LogP contribution in [-0.4, -0.2) is 28.1 Å². The van der Waals surface area contributed by atoms with E-state index in [-0.39, 0.29) is 0 Å². The second-order valence-corrected chi connectivity index (χ2v) is 7.53. The van der Waals surface area contributed by atoms with Crippen LogP contribution in [-0.2, 0) is 6.42 Å². The van der Waals surface area contributed by atoms with Crippen molar-refractivity contribution in [1.29, 1.82) is 0 Å². The van der Waals surface area contributed by atoms with Crippen LogP contribution in [0.5, 0.6) is 0 Å². The van der Waals surface area contributed by atoms with Crippen molar-refractivity contribution in [3.63, 3.8) is 0 Å². The fraction of sp³-hybridized carbons (Fsp3) is 0.769. The Kier molecular flexibility index (Phi) is 4.50. The Hall–Kier alpha value is -0.0600. The van der Waals surface area contributed by atoms with Gasteiger partial charge in [-0.3, -0.25) is 0 Å².